The van der Waals surface area contributed by atoms with E-state index in [1.165, 1.54) is 12.0 Å². The lowest BCUT2D eigenvalue weighted by Gasteiger charge is -2.27. The summed E-state index contributed by atoms with van der Waals surface area (Å²) in [4.78, 5) is 6.57. The largest absolute Gasteiger partial charge is 0.379 e. The van der Waals surface area contributed by atoms with Gasteiger partial charge in [0.1, 0.15) is 0 Å². The molecule has 2 atom stereocenters. The van der Waals surface area contributed by atoms with Crippen molar-refractivity contribution in [3.05, 3.63) is 30.1 Å². The summed E-state index contributed by atoms with van der Waals surface area (Å²) < 4.78 is 5.66. The molecular weight excluding hydrogens is 250 g/mol. The Labute approximate surface area is 122 Å². The first-order chi connectivity index (χ1) is 9.83. The van der Waals surface area contributed by atoms with Gasteiger partial charge in [0.05, 0.1) is 13.2 Å². The number of nitrogens with zero attached hydrogens (tertiary/aromatic N) is 2. The molecule has 2 unspecified atom stereocenters. The molecule has 2 rings (SSSR count). The van der Waals surface area contributed by atoms with Gasteiger partial charge in [0, 0.05) is 37.4 Å². The van der Waals surface area contributed by atoms with Crippen LogP contribution in [-0.4, -0.2) is 48.8 Å². The average Bonchev–Trinajstić information content (AvgIpc) is 2.92. The third-order valence-corrected chi connectivity index (χ3v) is 3.95. The lowest BCUT2D eigenvalue weighted by atomic mass is 10.0. The Hall–Kier alpha value is -0.970. The van der Waals surface area contributed by atoms with E-state index in [1.807, 2.05) is 12.4 Å². The number of rotatable bonds is 8. The summed E-state index contributed by atoms with van der Waals surface area (Å²) in [6, 6.07) is 4.71. The maximum atomic E-state index is 5.66. The van der Waals surface area contributed by atoms with Crippen LogP contribution in [0.1, 0.15) is 25.8 Å². The van der Waals surface area contributed by atoms with Gasteiger partial charge in [-0.25, -0.2) is 0 Å². The maximum Gasteiger partial charge on any atom is 0.0623 e. The zero-order valence-corrected chi connectivity index (χ0v) is 12.7. The van der Waals surface area contributed by atoms with Crippen molar-refractivity contribution >= 4 is 0 Å². The zero-order chi connectivity index (χ0) is 14.2. The van der Waals surface area contributed by atoms with Crippen LogP contribution in [0.15, 0.2) is 24.5 Å². The maximum absolute atomic E-state index is 5.66. The number of hydrogen-bond donors (Lipinski definition) is 1. The quantitative estimate of drug-likeness (QED) is 0.788. The first-order valence-corrected chi connectivity index (χ1v) is 7.75. The summed E-state index contributed by atoms with van der Waals surface area (Å²) in [6.07, 6.45) is 4.92. The molecule has 4 heteroatoms. The van der Waals surface area contributed by atoms with Crippen molar-refractivity contribution in [1.82, 2.24) is 15.2 Å². The lowest BCUT2D eigenvalue weighted by Crippen LogP contribution is -2.41. The number of ether oxygens (including phenoxy) is 1. The van der Waals surface area contributed by atoms with Gasteiger partial charge in [0.15, 0.2) is 0 Å². The summed E-state index contributed by atoms with van der Waals surface area (Å²) in [5.74, 6) is 0.600. The molecule has 0 aliphatic carbocycles. The highest BCUT2D eigenvalue weighted by Gasteiger charge is 2.28. The molecule has 0 saturated carbocycles. The number of hydrogen-bond acceptors (Lipinski definition) is 4. The first kappa shape index (κ1) is 15.4. The Kier molecular flexibility index (Phi) is 6.43. The second-order valence-electron chi connectivity index (χ2n) is 5.54. The standard InChI is InChI=1S/C16H27N3O/c1-3-7-18-16-13-20-12-15(16)11-19(4-2)10-14-5-8-17-9-6-14/h5-6,8-9,15-16,18H,3-4,7,10-13H2,1-2H3. The van der Waals surface area contributed by atoms with Gasteiger partial charge >= 0.3 is 0 Å². The van der Waals surface area contributed by atoms with Gasteiger partial charge in [-0.3, -0.25) is 9.88 Å². The average molecular weight is 277 g/mol. The molecule has 0 aromatic carbocycles. The van der Waals surface area contributed by atoms with Crippen LogP contribution < -0.4 is 5.32 Å². The fourth-order valence-corrected chi connectivity index (χ4v) is 2.72. The van der Waals surface area contributed by atoms with E-state index in [2.05, 4.69) is 41.2 Å². The van der Waals surface area contributed by atoms with E-state index in [-0.39, 0.29) is 0 Å². The minimum absolute atomic E-state index is 0.515. The summed E-state index contributed by atoms with van der Waals surface area (Å²) in [6.45, 7) is 10.4. The normalized spacial score (nSPS) is 22.6. The molecule has 1 aliphatic heterocycles. The van der Waals surface area contributed by atoms with Crippen molar-refractivity contribution in [1.29, 1.82) is 0 Å². The van der Waals surface area contributed by atoms with Crippen LogP contribution in [0, 0.1) is 5.92 Å². The highest BCUT2D eigenvalue weighted by molar-refractivity contribution is 5.09. The fourth-order valence-electron chi connectivity index (χ4n) is 2.72. The third-order valence-electron chi connectivity index (χ3n) is 3.95. The summed E-state index contributed by atoms with van der Waals surface area (Å²) in [7, 11) is 0. The Morgan fingerprint density at radius 1 is 1.30 bits per heavy atom. The number of pyridine rings is 1. The molecule has 1 aromatic rings. The van der Waals surface area contributed by atoms with E-state index in [1.54, 1.807) is 0 Å². The van der Waals surface area contributed by atoms with Crippen molar-refractivity contribution in [2.75, 3.05) is 32.8 Å². The minimum atomic E-state index is 0.515. The van der Waals surface area contributed by atoms with Crippen LogP contribution in [0.2, 0.25) is 0 Å². The highest BCUT2D eigenvalue weighted by Crippen LogP contribution is 2.16. The van der Waals surface area contributed by atoms with Crippen LogP contribution in [0.25, 0.3) is 0 Å². The Bertz CT molecular complexity index is 371. The van der Waals surface area contributed by atoms with Crippen LogP contribution in [0.5, 0.6) is 0 Å². The van der Waals surface area contributed by atoms with E-state index < -0.39 is 0 Å². The second kappa shape index (κ2) is 8.35. The molecule has 0 amide bonds. The van der Waals surface area contributed by atoms with Crippen molar-refractivity contribution in [2.45, 2.75) is 32.9 Å². The Balaban J connectivity index is 1.85. The number of nitrogens with one attached hydrogen (secondary N) is 1. The molecule has 0 spiro atoms. The van der Waals surface area contributed by atoms with Crippen molar-refractivity contribution in [2.24, 2.45) is 5.92 Å². The van der Waals surface area contributed by atoms with Crippen molar-refractivity contribution in [3.63, 3.8) is 0 Å². The molecule has 1 N–H and O–H groups in total. The van der Waals surface area contributed by atoms with Gasteiger partial charge in [-0.1, -0.05) is 13.8 Å². The van der Waals surface area contributed by atoms with E-state index in [9.17, 15) is 0 Å². The van der Waals surface area contributed by atoms with Crippen LogP contribution in [0.4, 0.5) is 0 Å². The SMILES string of the molecule is CCCNC1COCC1CN(CC)Cc1ccncc1. The van der Waals surface area contributed by atoms with Gasteiger partial charge in [-0.2, -0.15) is 0 Å². The molecular formula is C16H27N3O. The van der Waals surface area contributed by atoms with Gasteiger partial charge in [0.2, 0.25) is 0 Å². The molecule has 1 fully saturated rings. The van der Waals surface area contributed by atoms with Gasteiger partial charge in [-0.05, 0) is 37.2 Å². The van der Waals surface area contributed by atoms with Crippen LogP contribution in [0.3, 0.4) is 0 Å². The highest BCUT2D eigenvalue weighted by atomic mass is 16.5. The minimum Gasteiger partial charge on any atom is -0.379 e. The van der Waals surface area contributed by atoms with Crippen LogP contribution in [-0.2, 0) is 11.3 Å². The predicted octanol–water partition coefficient (Wildman–Crippen LogP) is 1.92. The predicted molar refractivity (Wildman–Crippen MR) is 81.6 cm³/mol. The zero-order valence-electron chi connectivity index (χ0n) is 12.7. The van der Waals surface area contributed by atoms with E-state index in [0.717, 1.165) is 39.4 Å². The topological polar surface area (TPSA) is 37.4 Å². The second-order valence-corrected chi connectivity index (χ2v) is 5.54. The molecule has 112 valence electrons. The molecule has 0 radical (unpaired) electrons. The van der Waals surface area contributed by atoms with Crippen molar-refractivity contribution in [3.8, 4) is 0 Å². The number of aromatic nitrogens is 1. The van der Waals surface area contributed by atoms with Crippen molar-refractivity contribution < 1.29 is 4.74 Å². The summed E-state index contributed by atoms with van der Waals surface area (Å²) in [5, 5.41) is 3.61. The monoisotopic (exact) mass is 277 g/mol. The van der Waals surface area contributed by atoms with Gasteiger partial charge in [0.25, 0.3) is 0 Å². The molecule has 2 heterocycles. The molecule has 20 heavy (non-hydrogen) atoms. The molecule has 1 saturated heterocycles. The fraction of sp³-hybridized carbons (Fsp3) is 0.688. The van der Waals surface area contributed by atoms with Gasteiger partial charge < -0.3 is 10.1 Å². The molecule has 4 nitrogen and oxygen atoms in total. The van der Waals surface area contributed by atoms with E-state index >= 15 is 0 Å². The third kappa shape index (κ3) is 4.54. The smallest absolute Gasteiger partial charge is 0.0623 e. The summed E-state index contributed by atoms with van der Waals surface area (Å²) in [5.41, 5.74) is 1.33. The van der Waals surface area contributed by atoms with Gasteiger partial charge in [-0.15, -0.1) is 0 Å². The van der Waals surface area contributed by atoms with E-state index in [4.69, 9.17) is 4.74 Å². The Morgan fingerprint density at radius 3 is 2.80 bits per heavy atom. The Morgan fingerprint density at radius 2 is 2.10 bits per heavy atom. The van der Waals surface area contributed by atoms with E-state index in [0.29, 0.717) is 12.0 Å². The van der Waals surface area contributed by atoms with Crippen LogP contribution >= 0.6 is 0 Å². The lowest BCUT2D eigenvalue weighted by molar-refractivity contribution is 0.166. The molecule has 0 bridgehead atoms. The molecule has 1 aliphatic rings. The molecule has 1 aromatic heterocycles. The first-order valence-electron chi connectivity index (χ1n) is 7.75. The summed E-state index contributed by atoms with van der Waals surface area (Å²) >= 11 is 0.